The van der Waals surface area contributed by atoms with Crippen molar-refractivity contribution in [2.24, 2.45) is 0 Å². The predicted octanol–water partition coefficient (Wildman–Crippen LogP) is 3.31. The van der Waals surface area contributed by atoms with Gasteiger partial charge < -0.3 is 4.79 Å². The molecule has 70 valence electrons. The third-order valence-corrected chi connectivity index (χ3v) is 2.58. The summed E-state index contributed by atoms with van der Waals surface area (Å²) >= 11 is 3.44. The summed E-state index contributed by atoms with van der Waals surface area (Å²) in [7, 11) is 0. The Kier molecular flexibility index (Phi) is 3.67. The van der Waals surface area contributed by atoms with E-state index < -0.39 is 0 Å². The number of halogens is 1. The molecule has 1 unspecified atom stereocenters. The van der Waals surface area contributed by atoms with Gasteiger partial charge in [0.15, 0.2) is 0 Å². The Morgan fingerprint density at radius 1 is 1.46 bits per heavy atom. The lowest BCUT2D eigenvalue weighted by molar-refractivity contribution is -0.108. The molecule has 0 fully saturated rings. The first-order valence-corrected chi connectivity index (χ1v) is 5.21. The van der Waals surface area contributed by atoms with Crippen molar-refractivity contribution >= 4 is 22.2 Å². The van der Waals surface area contributed by atoms with Gasteiger partial charge in [0.25, 0.3) is 0 Å². The van der Waals surface area contributed by atoms with Gasteiger partial charge in [-0.3, -0.25) is 0 Å². The molecule has 1 aromatic carbocycles. The van der Waals surface area contributed by atoms with Crippen LogP contribution in [0, 0.1) is 0 Å². The molecule has 0 aliphatic rings. The average Bonchev–Trinajstić information content (AvgIpc) is 2.15. The average molecular weight is 241 g/mol. The Morgan fingerprint density at radius 2 is 2.15 bits per heavy atom. The summed E-state index contributed by atoms with van der Waals surface area (Å²) in [6.07, 6.45) is 1.97. The van der Waals surface area contributed by atoms with Gasteiger partial charge in [0.05, 0.1) is 0 Å². The first kappa shape index (κ1) is 10.5. The van der Waals surface area contributed by atoms with E-state index in [1.165, 1.54) is 5.56 Å². The molecule has 1 rings (SSSR count). The second-order valence-electron chi connectivity index (χ2n) is 3.17. The maximum absolute atomic E-state index is 10.6. The third kappa shape index (κ3) is 2.66. The van der Waals surface area contributed by atoms with Crippen molar-refractivity contribution in [2.45, 2.75) is 26.2 Å². The quantitative estimate of drug-likeness (QED) is 0.742. The van der Waals surface area contributed by atoms with Crippen molar-refractivity contribution in [3.8, 4) is 0 Å². The number of hydrogen-bond acceptors (Lipinski definition) is 1. The summed E-state index contributed by atoms with van der Waals surface area (Å²) in [6.45, 7) is 4.02. The lowest BCUT2D eigenvalue weighted by Crippen LogP contribution is -1.95. The Hall–Kier alpha value is -0.630. The standard InChI is InChI=1S/C11H13BrO/c1-3-9-4-10(8(2)7-13)6-11(12)5-9/h4-8H,3H2,1-2H3. The summed E-state index contributed by atoms with van der Waals surface area (Å²) in [6, 6.07) is 6.17. The maximum Gasteiger partial charge on any atom is 0.127 e. The van der Waals surface area contributed by atoms with Crippen molar-refractivity contribution in [3.05, 3.63) is 33.8 Å². The van der Waals surface area contributed by atoms with Gasteiger partial charge in [0.1, 0.15) is 6.29 Å². The highest BCUT2D eigenvalue weighted by Crippen LogP contribution is 2.21. The van der Waals surface area contributed by atoms with E-state index in [0.29, 0.717) is 0 Å². The topological polar surface area (TPSA) is 17.1 Å². The SMILES string of the molecule is CCc1cc(Br)cc(C(C)C=O)c1. The molecule has 0 aromatic heterocycles. The normalized spacial score (nSPS) is 12.5. The number of carbonyl (C=O) groups is 1. The minimum absolute atomic E-state index is 0.0113. The molecule has 0 aliphatic heterocycles. The lowest BCUT2D eigenvalue weighted by Gasteiger charge is -2.07. The molecular weight excluding hydrogens is 228 g/mol. The van der Waals surface area contributed by atoms with Gasteiger partial charge in [-0.05, 0) is 29.7 Å². The molecular formula is C11H13BrO. The number of carbonyl (C=O) groups excluding carboxylic acids is 1. The van der Waals surface area contributed by atoms with Crippen LogP contribution in [0.15, 0.2) is 22.7 Å². The zero-order valence-electron chi connectivity index (χ0n) is 7.88. The van der Waals surface area contributed by atoms with E-state index in [1.54, 1.807) is 0 Å². The van der Waals surface area contributed by atoms with Crippen LogP contribution in [0.2, 0.25) is 0 Å². The molecule has 0 N–H and O–H groups in total. The van der Waals surface area contributed by atoms with Crippen molar-refractivity contribution in [1.29, 1.82) is 0 Å². The molecule has 0 amide bonds. The monoisotopic (exact) mass is 240 g/mol. The van der Waals surface area contributed by atoms with Gasteiger partial charge in [-0.15, -0.1) is 0 Å². The molecule has 1 aromatic rings. The van der Waals surface area contributed by atoms with Crippen LogP contribution in [-0.4, -0.2) is 6.29 Å². The largest absolute Gasteiger partial charge is 0.303 e. The van der Waals surface area contributed by atoms with Crippen LogP contribution in [0.3, 0.4) is 0 Å². The highest BCUT2D eigenvalue weighted by atomic mass is 79.9. The summed E-state index contributed by atoms with van der Waals surface area (Å²) < 4.78 is 1.05. The molecule has 1 nitrogen and oxygen atoms in total. The molecule has 0 heterocycles. The first-order valence-electron chi connectivity index (χ1n) is 4.42. The molecule has 0 bridgehead atoms. The van der Waals surface area contributed by atoms with Crippen LogP contribution in [0.1, 0.15) is 30.9 Å². The van der Waals surface area contributed by atoms with Gasteiger partial charge in [0, 0.05) is 10.4 Å². The number of benzene rings is 1. The molecule has 0 saturated heterocycles. The molecule has 2 heteroatoms. The van der Waals surface area contributed by atoms with E-state index in [9.17, 15) is 4.79 Å². The minimum Gasteiger partial charge on any atom is -0.303 e. The van der Waals surface area contributed by atoms with E-state index in [0.717, 1.165) is 22.7 Å². The highest BCUT2D eigenvalue weighted by molar-refractivity contribution is 9.10. The fraction of sp³-hybridized carbons (Fsp3) is 0.364. The van der Waals surface area contributed by atoms with Gasteiger partial charge in [-0.25, -0.2) is 0 Å². The molecule has 1 atom stereocenters. The molecule has 0 saturated carbocycles. The van der Waals surface area contributed by atoms with E-state index in [-0.39, 0.29) is 5.92 Å². The van der Waals surface area contributed by atoms with Crippen LogP contribution in [0.25, 0.3) is 0 Å². The number of aryl methyl sites for hydroxylation is 1. The maximum atomic E-state index is 10.6. The van der Waals surface area contributed by atoms with Gasteiger partial charge in [-0.1, -0.05) is 35.8 Å². The number of hydrogen-bond donors (Lipinski definition) is 0. The Balaban J connectivity index is 3.07. The van der Waals surface area contributed by atoms with Crippen LogP contribution in [-0.2, 0) is 11.2 Å². The molecule has 0 spiro atoms. The van der Waals surface area contributed by atoms with Gasteiger partial charge >= 0.3 is 0 Å². The third-order valence-electron chi connectivity index (χ3n) is 2.12. The first-order chi connectivity index (χ1) is 6.17. The minimum atomic E-state index is -0.0113. The summed E-state index contributed by atoms with van der Waals surface area (Å²) in [5.74, 6) is -0.0113. The van der Waals surface area contributed by atoms with Crippen LogP contribution >= 0.6 is 15.9 Å². The van der Waals surface area contributed by atoms with Crippen LogP contribution < -0.4 is 0 Å². The Morgan fingerprint density at radius 3 is 2.69 bits per heavy atom. The van der Waals surface area contributed by atoms with Crippen molar-refractivity contribution in [3.63, 3.8) is 0 Å². The zero-order valence-corrected chi connectivity index (χ0v) is 9.47. The lowest BCUT2D eigenvalue weighted by atomic mass is 10.00. The van der Waals surface area contributed by atoms with E-state index in [1.807, 2.05) is 13.0 Å². The summed E-state index contributed by atoms with van der Waals surface area (Å²) in [5, 5.41) is 0. The van der Waals surface area contributed by atoms with Crippen LogP contribution in [0.5, 0.6) is 0 Å². The van der Waals surface area contributed by atoms with Crippen molar-refractivity contribution in [2.75, 3.05) is 0 Å². The van der Waals surface area contributed by atoms with Crippen molar-refractivity contribution in [1.82, 2.24) is 0 Å². The van der Waals surface area contributed by atoms with E-state index in [4.69, 9.17) is 0 Å². The van der Waals surface area contributed by atoms with Crippen molar-refractivity contribution < 1.29 is 4.79 Å². The number of aldehydes is 1. The number of rotatable bonds is 3. The Bertz CT molecular complexity index is 307. The second-order valence-corrected chi connectivity index (χ2v) is 4.09. The fourth-order valence-corrected chi connectivity index (χ4v) is 1.78. The molecule has 13 heavy (non-hydrogen) atoms. The highest BCUT2D eigenvalue weighted by Gasteiger charge is 2.05. The second kappa shape index (κ2) is 4.56. The Labute approximate surface area is 87.3 Å². The van der Waals surface area contributed by atoms with E-state index >= 15 is 0 Å². The van der Waals surface area contributed by atoms with Gasteiger partial charge in [0.2, 0.25) is 0 Å². The molecule has 0 aliphatic carbocycles. The smallest absolute Gasteiger partial charge is 0.127 e. The van der Waals surface area contributed by atoms with E-state index in [2.05, 4.69) is 35.0 Å². The van der Waals surface area contributed by atoms with Gasteiger partial charge in [-0.2, -0.15) is 0 Å². The summed E-state index contributed by atoms with van der Waals surface area (Å²) in [4.78, 5) is 10.6. The predicted molar refractivity (Wildman–Crippen MR) is 58.0 cm³/mol. The summed E-state index contributed by atoms with van der Waals surface area (Å²) in [5.41, 5.74) is 2.35. The van der Waals surface area contributed by atoms with Crippen LogP contribution in [0.4, 0.5) is 0 Å². The molecule has 0 radical (unpaired) electrons. The zero-order chi connectivity index (χ0) is 9.84. The fourth-order valence-electron chi connectivity index (χ4n) is 1.22.